The van der Waals surface area contributed by atoms with Gasteiger partial charge in [-0.25, -0.2) is 0 Å². The highest BCUT2D eigenvalue weighted by atomic mass is 14.1. The molecular formula is C15H28. The number of hydrogen-bond acceptors (Lipinski definition) is 0. The van der Waals surface area contributed by atoms with Gasteiger partial charge in [-0.2, -0.15) is 0 Å². The van der Waals surface area contributed by atoms with Crippen molar-refractivity contribution in [3.8, 4) is 0 Å². The van der Waals surface area contributed by atoms with Crippen molar-refractivity contribution in [3.63, 3.8) is 0 Å². The molecule has 0 fully saturated rings. The first kappa shape index (κ1) is 14.5. The lowest BCUT2D eigenvalue weighted by Crippen LogP contribution is -1.97. The molecular weight excluding hydrogens is 180 g/mol. The third kappa shape index (κ3) is 9.82. The Hall–Kier alpha value is -0.480. The minimum absolute atomic E-state index is 0.864. The molecule has 0 radical (unpaired) electrons. The predicted octanol–water partition coefficient (Wildman–Crippen LogP) is 5.35. The first-order valence-corrected chi connectivity index (χ1v) is 6.41. The fraction of sp³-hybridized carbons (Fsp3) is 0.800. The summed E-state index contributed by atoms with van der Waals surface area (Å²) < 4.78 is 0. The van der Waals surface area contributed by atoms with Crippen LogP contribution in [0.3, 0.4) is 0 Å². The molecule has 0 aliphatic rings. The fourth-order valence-corrected chi connectivity index (χ4v) is 1.82. The summed E-state index contributed by atoms with van der Waals surface area (Å²) in [6.45, 7) is 12.8. The second kappa shape index (κ2) is 8.80. The summed E-state index contributed by atoms with van der Waals surface area (Å²) in [4.78, 5) is 0. The van der Waals surface area contributed by atoms with E-state index in [2.05, 4.69) is 40.0 Å². The minimum Gasteiger partial charge on any atom is -0.130 e. The number of hydrogen-bond donors (Lipinski definition) is 0. The normalized spacial score (nSPS) is 12.6. The first-order valence-electron chi connectivity index (χ1n) is 6.41. The van der Waals surface area contributed by atoms with Gasteiger partial charge in [0.15, 0.2) is 0 Å². The third-order valence-corrected chi connectivity index (χ3v) is 3.03. The van der Waals surface area contributed by atoms with E-state index in [4.69, 9.17) is 0 Å². The molecule has 0 nitrogen and oxygen atoms in total. The topological polar surface area (TPSA) is 0 Å². The highest BCUT2D eigenvalue weighted by molar-refractivity contribution is 4.93. The lowest BCUT2D eigenvalue weighted by Gasteiger charge is -2.11. The molecule has 0 saturated heterocycles. The summed E-state index contributed by atoms with van der Waals surface area (Å²) in [5.41, 5.74) is 4.27. The summed E-state index contributed by atoms with van der Waals surface area (Å²) >= 11 is 0. The van der Waals surface area contributed by atoms with E-state index in [0.717, 1.165) is 11.8 Å². The van der Waals surface area contributed by atoms with E-state index in [0.29, 0.717) is 0 Å². The highest BCUT2D eigenvalue weighted by Crippen LogP contribution is 2.18. The second-order valence-electron chi connectivity index (χ2n) is 5.28. The predicted molar refractivity (Wildman–Crippen MR) is 70.0 cm³/mol. The first-order chi connectivity index (χ1) is 7.06. The maximum atomic E-state index is 3.67. The Morgan fingerprint density at radius 3 is 2.20 bits per heavy atom. The molecule has 0 heterocycles. The highest BCUT2D eigenvalue weighted by Gasteiger charge is 2.03. The molecule has 1 unspecified atom stereocenters. The molecule has 88 valence electrons. The summed E-state index contributed by atoms with van der Waals surface area (Å²) in [7, 11) is 0. The van der Waals surface area contributed by atoms with Gasteiger partial charge in [0, 0.05) is 0 Å². The molecule has 1 atom stereocenters. The van der Waals surface area contributed by atoms with Crippen molar-refractivity contribution in [3.05, 3.63) is 17.9 Å². The zero-order valence-corrected chi connectivity index (χ0v) is 11.1. The van der Waals surface area contributed by atoms with Crippen molar-refractivity contribution in [2.45, 2.75) is 66.2 Å². The van der Waals surface area contributed by atoms with E-state index in [1.807, 2.05) is 0 Å². The molecule has 0 spiro atoms. The largest absolute Gasteiger partial charge is 0.130 e. The maximum absolute atomic E-state index is 3.67. The Morgan fingerprint density at radius 1 is 1.07 bits per heavy atom. The minimum atomic E-state index is 0.864. The number of rotatable bonds is 8. The Labute approximate surface area is 96.5 Å². The van der Waals surface area contributed by atoms with Gasteiger partial charge in [0.25, 0.3) is 0 Å². The van der Waals surface area contributed by atoms with Gasteiger partial charge < -0.3 is 0 Å². The zero-order chi connectivity index (χ0) is 11.7. The van der Waals surface area contributed by atoms with Crippen LogP contribution in [0.25, 0.3) is 0 Å². The maximum Gasteiger partial charge on any atom is -0.0247 e. The van der Waals surface area contributed by atoms with E-state index in [9.17, 15) is 0 Å². The molecule has 0 heteroatoms. The van der Waals surface area contributed by atoms with Crippen molar-refractivity contribution >= 4 is 0 Å². The van der Waals surface area contributed by atoms with Gasteiger partial charge in [0.05, 0.1) is 0 Å². The van der Waals surface area contributed by atoms with Crippen molar-refractivity contribution < 1.29 is 0 Å². The second-order valence-corrected chi connectivity index (χ2v) is 5.28. The van der Waals surface area contributed by atoms with Gasteiger partial charge in [-0.15, -0.1) is 5.73 Å². The molecule has 0 aromatic rings. The van der Waals surface area contributed by atoms with Crippen LogP contribution < -0.4 is 0 Å². The average molecular weight is 208 g/mol. The Morgan fingerprint density at radius 2 is 1.67 bits per heavy atom. The SMILES string of the molecule is C=C=C(C)CCCC(C)CCCC(C)C. The molecule has 0 aromatic heterocycles. The average Bonchev–Trinajstić information content (AvgIpc) is 2.17. The molecule has 0 rings (SSSR count). The van der Waals surface area contributed by atoms with Gasteiger partial charge in [-0.05, 0) is 37.2 Å². The van der Waals surface area contributed by atoms with Crippen LogP contribution >= 0.6 is 0 Å². The zero-order valence-electron chi connectivity index (χ0n) is 11.1. The van der Waals surface area contributed by atoms with Gasteiger partial charge in [0.1, 0.15) is 0 Å². The molecule has 0 N–H and O–H groups in total. The monoisotopic (exact) mass is 208 g/mol. The summed E-state index contributed by atoms with van der Waals surface area (Å²) in [5.74, 6) is 1.75. The quantitative estimate of drug-likeness (QED) is 0.472. The Bertz CT molecular complexity index is 194. The smallest absolute Gasteiger partial charge is 0.0247 e. The van der Waals surface area contributed by atoms with E-state index < -0.39 is 0 Å². The number of allylic oxidation sites excluding steroid dienone is 1. The van der Waals surface area contributed by atoms with E-state index in [-0.39, 0.29) is 0 Å². The Kier molecular flexibility index (Phi) is 8.52. The molecule has 0 amide bonds. The third-order valence-electron chi connectivity index (χ3n) is 3.03. The van der Waals surface area contributed by atoms with Gasteiger partial charge in [-0.1, -0.05) is 53.0 Å². The summed E-state index contributed by atoms with van der Waals surface area (Å²) in [6, 6.07) is 0. The lowest BCUT2D eigenvalue weighted by atomic mass is 9.95. The Balaban J connectivity index is 3.41. The van der Waals surface area contributed by atoms with E-state index in [1.54, 1.807) is 0 Å². The van der Waals surface area contributed by atoms with Crippen molar-refractivity contribution in [2.24, 2.45) is 11.8 Å². The van der Waals surface area contributed by atoms with Crippen LogP contribution in [0.15, 0.2) is 17.9 Å². The molecule has 0 aliphatic carbocycles. The van der Waals surface area contributed by atoms with Gasteiger partial charge >= 0.3 is 0 Å². The van der Waals surface area contributed by atoms with Crippen molar-refractivity contribution in [1.82, 2.24) is 0 Å². The van der Waals surface area contributed by atoms with Crippen LogP contribution in [0.2, 0.25) is 0 Å². The van der Waals surface area contributed by atoms with Crippen LogP contribution in [0, 0.1) is 11.8 Å². The van der Waals surface area contributed by atoms with Gasteiger partial charge in [0.2, 0.25) is 0 Å². The van der Waals surface area contributed by atoms with Gasteiger partial charge in [-0.3, -0.25) is 0 Å². The molecule has 15 heavy (non-hydrogen) atoms. The molecule has 0 aliphatic heterocycles. The van der Waals surface area contributed by atoms with Crippen molar-refractivity contribution in [1.29, 1.82) is 0 Å². The van der Waals surface area contributed by atoms with Crippen LogP contribution in [0.1, 0.15) is 66.2 Å². The van der Waals surface area contributed by atoms with E-state index in [1.165, 1.54) is 44.1 Å². The van der Waals surface area contributed by atoms with Crippen LogP contribution in [0.4, 0.5) is 0 Å². The molecule has 0 aromatic carbocycles. The summed E-state index contributed by atoms with van der Waals surface area (Å²) in [6.07, 6.45) is 8.02. The lowest BCUT2D eigenvalue weighted by molar-refractivity contribution is 0.427. The molecule has 0 saturated carbocycles. The van der Waals surface area contributed by atoms with E-state index >= 15 is 0 Å². The summed E-state index contributed by atoms with van der Waals surface area (Å²) in [5, 5.41) is 0. The standard InChI is InChI=1S/C15H28/c1-6-14(4)10-8-12-15(5)11-7-9-13(2)3/h13,15H,1,7-12H2,2-5H3. The molecule has 0 bridgehead atoms. The van der Waals surface area contributed by atoms with Crippen LogP contribution in [-0.4, -0.2) is 0 Å². The van der Waals surface area contributed by atoms with Crippen molar-refractivity contribution in [2.75, 3.05) is 0 Å². The fourth-order valence-electron chi connectivity index (χ4n) is 1.82. The van der Waals surface area contributed by atoms with Crippen LogP contribution in [0.5, 0.6) is 0 Å². The van der Waals surface area contributed by atoms with Crippen LogP contribution in [-0.2, 0) is 0 Å².